The molecule has 1 aromatic rings. The highest BCUT2D eigenvalue weighted by Crippen LogP contribution is 2.24. The van der Waals surface area contributed by atoms with Crippen LogP contribution < -0.4 is 11.2 Å². The molecule has 2 rings (SSSR count). The second-order valence-corrected chi connectivity index (χ2v) is 3.64. The summed E-state index contributed by atoms with van der Waals surface area (Å²) >= 11 is 0. The largest absolute Gasteiger partial charge is 0.494 e. The van der Waals surface area contributed by atoms with E-state index in [2.05, 4.69) is 0 Å². The molecule has 0 aliphatic heterocycles. The molecule has 0 amide bonds. The van der Waals surface area contributed by atoms with Gasteiger partial charge in [-0.2, -0.15) is 0 Å². The summed E-state index contributed by atoms with van der Waals surface area (Å²) in [5.41, 5.74) is -2.13. The molecule has 0 fully saturated rings. The number of hydrogen-bond acceptors (Lipinski definition) is 6. The molecule has 8 heteroatoms. The third-order valence-corrected chi connectivity index (χ3v) is 2.45. The number of aromatic nitrogens is 2. The molecule has 0 unspecified atom stereocenters. The van der Waals surface area contributed by atoms with Gasteiger partial charge in [-0.1, -0.05) is 0 Å². The van der Waals surface area contributed by atoms with Crippen molar-refractivity contribution in [2.24, 2.45) is 0 Å². The van der Waals surface area contributed by atoms with Gasteiger partial charge in [0.2, 0.25) is 11.7 Å². The van der Waals surface area contributed by atoms with E-state index in [0.717, 1.165) is 12.2 Å². The van der Waals surface area contributed by atoms with Gasteiger partial charge in [-0.05, 0) is 12.2 Å². The number of aromatic amines is 2. The van der Waals surface area contributed by atoms with Crippen molar-refractivity contribution in [3.05, 3.63) is 44.3 Å². The molecule has 0 aromatic carbocycles. The molecule has 0 radical (unpaired) electrons. The quantitative estimate of drug-likeness (QED) is 0.456. The van der Waals surface area contributed by atoms with E-state index in [1.165, 1.54) is 7.11 Å². The van der Waals surface area contributed by atoms with Crippen LogP contribution in [0.3, 0.4) is 0 Å². The molecule has 1 aromatic heterocycles. The van der Waals surface area contributed by atoms with E-state index in [1.54, 1.807) is 0 Å². The fourth-order valence-corrected chi connectivity index (χ4v) is 1.61. The van der Waals surface area contributed by atoms with Crippen molar-refractivity contribution in [3.63, 3.8) is 0 Å². The SMILES string of the molecule is COC1=CC(c2c(O)[nH]c(=O)[nH]c2=O)=CC(=O)C1=O. The summed E-state index contributed by atoms with van der Waals surface area (Å²) in [6.45, 7) is 0. The molecular formula is C11H8N2O6. The maximum atomic E-state index is 11.6. The highest BCUT2D eigenvalue weighted by atomic mass is 16.5. The zero-order chi connectivity index (χ0) is 14.2. The lowest BCUT2D eigenvalue weighted by Gasteiger charge is -2.11. The van der Waals surface area contributed by atoms with E-state index in [9.17, 15) is 24.3 Å². The first-order valence-electron chi connectivity index (χ1n) is 5.06. The summed E-state index contributed by atoms with van der Waals surface area (Å²) in [5.74, 6) is -2.70. The zero-order valence-electron chi connectivity index (χ0n) is 9.64. The average Bonchev–Trinajstić information content (AvgIpc) is 2.32. The van der Waals surface area contributed by atoms with Crippen LogP contribution in [0, 0.1) is 0 Å². The summed E-state index contributed by atoms with van der Waals surface area (Å²) in [6.07, 6.45) is 2.01. The van der Waals surface area contributed by atoms with Gasteiger partial charge in [0.1, 0.15) is 5.56 Å². The van der Waals surface area contributed by atoms with E-state index in [-0.39, 0.29) is 16.9 Å². The van der Waals surface area contributed by atoms with Crippen molar-refractivity contribution in [2.45, 2.75) is 0 Å². The van der Waals surface area contributed by atoms with Gasteiger partial charge in [-0.25, -0.2) is 4.79 Å². The fourth-order valence-electron chi connectivity index (χ4n) is 1.61. The Labute approximate surface area is 105 Å². The highest BCUT2D eigenvalue weighted by molar-refractivity contribution is 6.49. The molecule has 0 bridgehead atoms. The summed E-state index contributed by atoms with van der Waals surface area (Å²) < 4.78 is 4.71. The summed E-state index contributed by atoms with van der Waals surface area (Å²) in [5, 5.41) is 9.55. The Morgan fingerprint density at radius 3 is 2.37 bits per heavy atom. The fraction of sp³-hybridized carbons (Fsp3) is 0.0909. The lowest BCUT2D eigenvalue weighted by atomic mass is 9.98. The zero-order valence-corrected chi connectivity index (χ0v) is 9.64. The van der Waals surface area contributed by atoms with E-state index in [1.807, 2.05) is 9.97 Å². The average molecular weight is 264 g/mol. The van der Waals surface area contributed by atoms with Gasteiger partial charge in [0.15, 0.2) is 5.76 Å². The third-order valence-electron chi connectivity index (χ3n) is 2.45. The second kappa shape index (κ2) is 4.41. The first-order valence-corrected chi connectivity index (χ1v) is 5.06. The number of aromatic hydroxyl groups is 1. The molecule has 3 N–H and O–H groups in total. The molecular weight excluding hydrogens is 256 g/mol. The summed E-state index contributed by atoms with van der Waals surface area (Å²) in [4.78, 5) is 49.2. The maximum Gasteiger partial charge on any atom is 0.328 e. The van der Waals surface area contributed by atoms with Crippen molar-refractivity contribution in [2.75, 3.05) is 7.11 Å². The van der Waals surface area contributed by atoms with Crippen molar-refractivity contribution < 1.29 is 19.4 Å². The van der Waals surface area contributed by atoms with Crippen molar-refractivity contribution in [3.8, 4) is 5.88 Å². The van der Waals surface area contributed by atoms with Crippen LogP contribution in [-0.4, -0.2) is 33.8 Å². The molecule has 8 nitrogen and oxygen atoms in total. The van der Waals surface area contributed by atoms with Crippen LogP contribution in [0.25, 0.3) is 5.57 Å². The normalized spacial score (nSPS) is 15.0. The minimum atomic E-state index is -0.889. The van der Waals surface area contributed by atoms with Crippen LogP contribution in [-0.2, 0) is 14.3 Å². The minimum Gasteiger partial charge on any atom is -0.494 e. The van der Waals surface area contributed by atoms with Crippen LogP contribution >= 0.6 is 0 Å². The predicted molar refractivity (Wildman–Crippen MR) is 62.4 cm³/mol. The molecule has 0 saturated heterocycles. The Hall–Kier alpha value is -2.90. The Morgan fingerprint density at radius 2 is 1.79 bits per heavy atom. The van der Waals surface area contributed by atoms with E-state index in [4.69, 9.17) is 4.74 Å². The topological polar surface area (TPSA) is 129 Å². The Bertz CT molecular complexity index is 749. The Morgan fingerprint density at radius 1 is 1.11 bits per heavy atom. The van der Waals surface area contributed by atoms with Crippen LogP contribution in [0.5, 0.6) is 5.88 Å². The van der Waals surface area contributed by atoms with Gasteiger partial charge in [-0.3, -0.25) is 24.4 Å². The van der Waals surface area contributed by atoms with Gasteiger partial charge < -0.3 is 9.84 Å². The Kier molecular flexibility index (Phi) is 2.91. The maximum absolute atomic E-state index is 11.6. The van der Waals surface area contributed by atoms with Crippen LogP contribution in [0.2, 0.25) is 0 Å². The van der Waals surface area contributed by atoms with E-state index in [0.29, 0.717) is 0 Å². The number of Topliss-reactive ketones (excluding diaryl/α,β-unsaturated/α-hetero) is 1. The highest BCUT2D eigenvalue weighted by Gasteiger charge is 2.26. The lowest BCUT2D eigenvalue weighted by Crippen LogP contribution is -2.26. The van der Waals surface area contributed by atoms with Crippen LogP contribution in [0.1, 0.15) is 5.56 Å². The predicted octanol–water partition coefficient (Wildman–Crippen LogP) is -1.17. The van der Waals surface area contributed by atoms with Gasteiger partial charge in [0, 0.05) is 5.57 Å². The molecule has 0 saturated carbocycles. The minimum absolute atomic E-state index is 0.0311. The number of ether oxygens (including phenoxy) is 1. The number of allylic oxidation sites excluding steroid dienone is 4. The van der Waals surface area contributed by atoms with E-state index >= 15 is 0 Å². The van der Waals surface area contributed by atoms with Crippen LogP contribution in [0.4, 0.5) is 0 Å². The first-order chi connectivity index (χ1) is 8.93. The molecule has 1 heterocycles. The molecule has 19 heavy (non-hydrogen) atoms. The molecule has 0 atom stereocenters. The number of H-pyrrole nitrogens is 2. The van der Waals surface area contributed by atoms with Gasteiger partial charge in [-0.15, -0.1) is 0 Å². The molecule has 0 spiro atoms. The number of carbonyl (C=O) groups is 2. The molecule has 1 aliphatic rings. The third kappa shape index (κ3) is 2.10. The lowest BCUT2D eigenvalue weighted by molar-refractivity contribution is -0.133. The van der Waals surface area contributed by atoms with Crippen molar-refractivity contribution in [1.29, 1.82) is 0 Å². The summed E-state index contributed by atoms with van der Waals surface area (Å²) in [6, 6.07) is 0. The number of nitrogens with one attached hydrogen (secondary N) is 2. The van der Waals surface area contributed by atoms with Gasteiger partial charge in [0.05, 0.1) is 7.11 Å². The number of methoxy groups -OCH3 is 1. The Balaban J connectivity index is 2.67. The number of carbonyl (C=O) groups excluding carboxylic acids is 2. The van der Waals surface area contributed by atoms with Gasteiger partial charge in [0.25, 0.3) is 11.3 Å². The number of rotatable bonds is 2. The van der Waals surface area contributed by atoms with Crippen molar-refractivity contribution in [1.82, 2.24) is 9.97 Å². The first kappa shape index (κ1) is 12.6. The smallest absolute Gasteiger partial charge is 0.328 e. The number of ketones is 2. The van der Waals surface area contributed by atoms with Crippen molar-refractivity contribution >= 4 is 17.1 Å². The summed E-state index contributed by atoms with van der Waals surface area (Å²) in [7, 11) is 1.19. The number of hydrogen-bond donors (Lipinski definition) is 3. The standard InChI is InChI=1S/C11H8N2O6/c1-19-6-3-4(2-5(14)8(6)15)7-9(16)12-11(18)13-10(7)17/h2-3H,1H3,(H3,12,13,16,17,18). The molecule has 98 valence electrons. The monoisotopic (exact) mass is 264 g/mol. The van der Waals surface area contributed by atoms with E-state index < -0.39 is 28.7 Å². The molecule has 1 aliphatic carbocycles. The van der Waals surface area contributed by atoms with Crippen LogP contribution in [0.15, 0.2) is 27.5 Å². The van der Waals surface area contributed by atoms with Gasteiger partial charge >= 0.3 is 5.69 Å². The second-order valence-electron chi connectivity index (χ2n) is 3.64.